The Hall–Kier alpha value is -2.91. The van der Waals surface area contributed by atoms with Crippen LogP contribution in [0, 0.1) is 0 Å². The molecule has 0 saturated carbocycles. The Morgan fingerprint density at radius 3 is 2.58 bits per heavy atom. The summed E-state index contributed by atoms with van der Waals surface area (Å²) in [5.74, 6) is -0.860. The number of ether oxygens (including phenoxy) is 2. The highest BCUT2D eigenvalue weighted by Gasteiger charge is 2.17. The van der Waals surface area contributed by atoms with Crippen molar-refractivity contribution in [1.29, 1.82) is 0 Å². The number of carboxylic acid groups (broad SMARTS) is 1. The van der Waals surface area contributed by atoms with Crippen molar-refractivity contribution < 1.29 is 24.2 Å². The number of rotatable bonds is 11. The third-order valence-corrected chi connectivity index (χ3v) is 6.62. The van der Waals surface area contributed by atoms with Gasteiger partial charge in [-0.15, -0.1) is 11.3 Å². The van der Waals surface area contributed by atoms with Gasteiger partial charge < -0.3 is 14.6 Å². The number of aliphatic carboxylic acids is 1. The first-order valence-electron chi connectivity index (χ1n) is 11.2. The number of unbranched alkanes of at least 4 members (excludes halogenated alkanes) is 1. The van der Waals surface area contributed by atoms with E-state index in [1.165, 1.54) is 36.5 Å². The molecule has 0 radical (unpaired) electrons. The maximum absolute atomic E-state index is 12.8. The molecule has 2 N–H and O–H groups in total. The molecular weight excluding hydrogens is 523 g/mol. The van der Waals surface area contributed by atoms with E-state index in [1.807, 2.05) is 23.6 Å². The maximum atomic E-state index is 12.8. The number of thiazole rings is 1. The van der Waals surface area contributed by atoms with Crippen molar-refractivity contribution in [3.63, 3.8) is 0 Å². The van der Waals surface area contributed by atoms with Crippen molar-refractivity contribution in [3.8, 4) is 17.0 Å². The minimum Gasteiger partial charge on any atom is -0.496 e. The third kappa shape index (κ3) is 6.85. The molecule has 0 aliphatic rings. The molecule has 1 aromatic heterocycles. The molecule has 2 aromatic carbocycles. The van der Waals surface area contributed by atoms with Crippen LogP contribution in [0.15, 0.2) is 41.3 Å². The number of aromatic nitrogens is 1. The summed E-state index contributed by atoms with van der Waals surface area (Å²) in [6, 6.07) is 8.64. The normalized spacial score (nSPS) is 11.4. The van der Waals surface area contributed by atoms with Crippen LogP contribution in [-0.2, 0) is 16.1 Å². The van der Waals surface area contributed by atoms with Gasteiger partial charge in [0.05, 0.1) is 29.5 Å². The van der Waals surface area contributed by atoms with Crippen molar-refractivity contribution in [2.45, 2.75) is 33.3 Å². The fourth-order valence-corrected chi connectivity index (χ4v) is 4.63. The topological polar surface area (TPSA) is 97.8 Å². The van der Waals surface area contributed by atoms with Crippen LogP contribution in [0.3, 0.4) is 0 Å². The number of carbonyl (C=O) groups excluding carboxylic acids is 1. The summed E-state index contributed by atoms with van der Waals surface area (Å²) in [5.41, 5.74) is 2.98. The Kier molecular flexibility index (Phi) is 9.89. The van der Waals surface area contributed by atoms with Gasteiger partial charge >= 0.3 is 5.97 Å². The molecule has 3 rings (SSSR count). The van der Waals surface area contributed by atoms with Crippen LogP contribution in [-0.4, -0.2) is 35.7 Å². The lowest BCUT2D eigenvalue weighted by Crippen LogP contribution is -2.12. The molecule has 0 atom stereocenters. The fraction of sp³-hybridized carbons (Fsp3) is 0.269. The lowest BCUT2D eigenvalue weighted by Gasteiger charge is -2.12. The van der Waals surface area contributed by atoms with Gasteiger partial charge in [-0.1, -0.05) is 48.7 Å². The van der Waals surface area contributed by atoms with Crippen molar-refractivity contribution in [1.82, 2.24) is 4.98 Å². The highest BCUT2D eigenvalue weighted by atomic mass is 35.5. The first kappa shape index (κ1) is 27.7. The number of nitrogens with zero attached hydrogens (tertiary/aromatic N) is 1. The van der Waals surface area contributed by atoms with E-state index >= 15 is 0 Å². The zero-order valence-electron chi connectivity index (χ0n) is 20.1. The molecule has 190 valence electrons. The summed E-state index contributed by atoms with van der Waals surface area (Å²) in [5, 5.41) is 14.4. The van der Waals surface area contributed by atoms with Gasteiger partial charge in [0.2, 0.25) is 0 Å². The van der Waals surface area contributed by atoms with E-state index in [0.29, 0.717) is 35.4 Å². The van der Waals surface area contributed by atoms with E-state index in [9.17, 15) is 9.59 Å². The minimum atomic E-state index is -1.09. The van der Waals surface area contributed by atoms with Gasteiger partial charge in [0.15, 0.2) is 5.13 Å². The Morgan fingerprint density at radius 1 is 1.22 bits per heavy atom. The predicted molar refractivity (Wildman–Crippen MR) is 144 cm³/mol. The van der Waals surface area contributed by atoms with Crippen molar-refractivity contribution in [2.75, 3.05) is 19.0 Å². The number of para-hydroxylation sites is 1. The number of amides is 1. The van der Waals surface area contributed by atoms with Crippen LogP contribution in [0.1, 0.15) is 48.2 Å². The lowest BCUT2D eigenvalue weighted by atomic mass is 10.1. The number of hydrogen-bond donors (Lipinski definition) is 2. The van der Waals surface area contributed by atoms with E-state index < -0.39 is 11.9 Å². The maximum Gasteiger partial charge on any atom is 0.331 e. The molecule has 0 fully saturated rings. The molecule has 0 unspecified atom stereocenters. The van der Waals surface area contributed by atoms with E-state index in [1.54, 1.807) is 7.11 Å². The SMILES string of the molecule is CCCCOCc1cccc(-c2csc(NC(=O)c3cc(Cl)c(C=C(C)C(=O)O)c(Cl)c3)n2)c1OC. The molecule has 0 aliphatic carbocycles. The summed E-state index contributed by atoms with van der Waals surface area (Å²) < 4.78 is 11.4. The summed E-state index contributed by atoms with van der Waals surface area (Å²) in [6.45, 7) is 4.66. The Balaban J connectivity index is 1.79. The van der Waals surface area contributed by atoms with Crippen LogP contribution < -0.4 is 10.1 Å². The van der Waals surface area contributed by atoms with Crippen LogP contribution in [0.2, 0.25) is 10.0 Å². The van der Waals surface area contributed by atoms with Gasteiger partial charge in [-0.05, 0) is 37.6 Å². The highest BCUT2D eigenvalue weighted by molar-refractivity contribution is 7.14. The lowest BCUT2D eigenvalue weighted by molar-refractivity contribution is -0.132. The molecule has 3 aromatic rings. The molecule has 0 aliphatic heterocycles. The quantitative estimate of drug-likeness (QED) is 0.194. The van der Waals surface area contributed by atoms with E-state index in [4.69, 9.17) is 37.8 Å². The van der Waals surface area contributed by atoms with E-state index in [0.717, 1.165) is 24.0 Å². The predicted octanol–water partition coefficient (Wildman–Crippen LogP) is 7.18. The van der Waals surface area contributed by atoms with Crippen molar-refractivity contribution >= 4 is 57.6 Å². The number of carboxylic acids is 1. The second kappa shape index (κ2) is 12.9. The molecule has 0 spiro atoms. The van der Waals surface area contributed by atoms with Crippen LogP contribution in [0.4, 0.5) is 5.13 Å². The Labute approximate surface area is 223 Å². The van der Waals surface area contributed by atoms with Crippen LogP contribution in [0.5, 0.6) is 5.75 Å². The minimum absolute atomic E-state index is 0.0679. The molecule has 7 nitrogen and oxygen atoms in total. The highest BCUT2D eigenvalue weighted by Crippen LogP contribution is 2.35. The molecule has 36 heavy (non-hydrogen) atoms. The Morgan fingerprint density at radius 2 is 1.94 bits per heavy atom. The van der Waals surface area contributed by atoms with Gasteiger partial charge in [0.25, 0.3) is 5.91 Å². The van der Waals surface area contributed by atoms with Crippen molar-refractivity contribution in [3.05, 3.63) is 68.0 Å². The fourth-order valence-electron chi connectivity index (χ4n) is 3.33. The molecule has 0 bridgehead atoms. The summed E-state index contributed by atoms with van der Waals surface area (Å²) in [6.07, 6.45) is 3.42. The number of nitrogens with one attached hydrogen (secondary N) is 1. The summed E-state index contributed by atoms with van der Waals surface area (Å²) >= 11 is 13.8. The van der Waals surface area contributed by atoms with E-state index in [-0.39, 0.29) is 21.2 Å². The second-order valence-electron chi connectivity index (χ2n) is 7.88. The molecule has 1 heterocycles. The number of methoxy groups -OCH3 is 1. The molecular formula is C26H26Cl2N2O5S. The molecule has 0 saturated heterocycles. The van der Waals surface area contributed by atoms with Gasteiger partial charge in [0.1, 0.15) is 5.75 Å². The van der Waals surface area contributed by atoms with Gasteiger partial charge in [0, 0.05) is 39.8 Å². The zero-order chi connectivity index (χ0) is 26.2. The first-order chi connectivity index (χ1) is 17.2. The number of anilines is 1. The van der Waals surface area contributed by atoms with Gasteiger partial charge in [-0.2, -0.15) is 0 Å². The number of hydrogen-bond acceptors (Lipinski definition) is 6. The monoisotopic (exact) mass is 548 g/mol. The average molecular weight is 549 g/mol. The first-order valence-corrected chi connectivity index (χ1v) is 12.8. The number of carbonyl (C=O) groups is 2. The number of halogens is 2. The average Bonchev–Trinajstić information content (AvgIpc) is 3.31. The van der Waals surface area contributed by atoms with E-state index in [2.05, 4.69) is 17.2 Å². The smallest absolute Gasteiger partial charge is 0.331 e. The largest absolute Gasteiger partial charge is 0.496 e. The van der Waals surface area contributed by atoms with Crippen LogP contribution in [0.25, 0.3) is 17.3 Å². The second-order valence-corrected chi connectivity index (χ2v) is 9.55. The van der Waals surface area contributed by atoms with Gasteiger partial charge in [-0.3, -0.25) is 10.1 Å². The zero-order valence-corrected chi connectivity index (χ0v) is 22.4. The Bertz CT molecular complexity index is 1270. The molecule has 1 amide bonds. The standard InChI is InChI=1S/C26H26Cl2N2O5S/c1-4-5-9-35-13-16-7-6-8-18(23(16)34-3)22-14-36-26(29-22)30-24(31)17-11-20(27)19(21(28)12-17)10-15(2)25(32)33/h6-8,10-12,14H,4-5,9,13H2,1-3H3,(H,32,33)(H,29,30,31). The van der Waals surface area contributed by atoms with Gasteiger partial charge in [-0.25, -0.2) is 9.78 Å². The number of benzene rings is 2. The van der Waals surface area contributed by atoms with Crippen molar-refractivity contribution in [2.24, 2.45) is 0 Å². The summed E-state index contributed by atoms with van der Waals surface area (Å²) in [7, 11) is 1.60. The third-order valence-electron chi connectivity index (χ3n) is 5.24. The molecule has 10 heteroatoms. The summed E-state index contributed by atoms with van der Waals surface area (Å²) in [4.78, 5) is 28.5. The van der Waals surface area contributed by atoms with Crippen LogP contribution >= 0.6 is 34.5 Å².